The minimum atomic E-state index is -2.28. The minimum absolute atomic E-state index is 0.00860. The Morgan fingerprint density at radius 2 is 2.41 bits per heavy atom. The van der Waals surface area contributed by atoms with E-state index in [4.69, 9.17) is 16.3 Å². The number of benzene rings is 1. The fourth-order valence-corrected chi connectivity index (χ4v) is 4.47. The van der Waals surface area contributed by atoms with Gasteiger partial charge >= 0.3 is 0 Å². The Kier molecular flexibility index (Phi) is 1.54. The van der Waals surface area contributed by atoms with Crippen molar-refractivity contribution < 1.29 is 22.8 Å². The van der Waals surface area contributed by atoms with Crippen LogP contribution in [0.2, 0.25) is 0 Å². The lowest BCUT2D eigenvalue weighted by Crippen LogP contribution is -2.64. The smallest absolute Gasteiger partial charge is 0.165 e. The third kappa shape index (κ3) is 1.28. The van der Waals surface area contributed by atoms with Gasteiger partial charge in [0.05, 0.1) is 11.2 Å². The van der Waals surface area contributed by atoms with E-state index < -0.39 is 35.9 Å². The lowest BCUT2D eigenvalue weighted by molar-refractivity contribution is -0.0453. The summed E-state index contributed by atoms with van der Waals surface area (Å²) in [6.45, 7) is 0.375. The van der Waals surface area contributed by atoms with Crippen LogP contribution in [0.1, 0.15) is 25.8 Å². The van der Waals surface area contributed by atoms with Crippen LogP contribution in [-0.2, 0) is 11.8 Å². The number of likely N-dealkylation sites (N-methyl/N-ethyl adjacent to an activating group) is 1. The number of aliphatic hydroxyl groups is 1. The van der Waals surface area contributed by atoms with Crippen LogP contribution in [-0.4, -0.2) is 48.9 Å². The molecule has 1 aromatic rings. The zero-order chi connectivity index (χ0) is 20.4. The third-order valence-electron chi connectivity index (χ3n) is 5.46. The maximum absolute atomic E-state index is 10.8. The van der Waals surface area contributed by atoms with E-state index in [0.29, 0.717) is 18.5 Å². The summed E-state index contributed by atoms with van der Waals surface area (Å²) < 4.78 is 63.7. The Bertz CT molecular complexity index is 950. The van der Waals surface area contributed by atoms with E-state index in [1.165, 1.54) is 13.2 Å². The molecule has 1 aromatic carbocycles. The van der Waals surface area contributed by atoms with Crippen molar-refractivity contribution in [1.29, 1.82) is 0 Å². The fraction of sp³-hybridized carbons (Fsp3) is 0.556. The quantitative estimate of drug-likeness (QED) is 0.799. The maximum atomic E-state index is 10.8. The second-order valence-electron chi connectivity index (χ2n) is 6.34. The topological polar surface area (TPSA) is 41.9 Å². The number of methoxy groups -OCH3 is 1. The highest BCUT2D eigenvalue weighted by Gasteiger charge is 2.64. The Morgan fingerprint density at radius 1 is 1.55 bits per heavy atom. The molecule has 1 N–H and O–H groups in total. The monoisotopic (exact) mass is 305 g/mol. The summed E-state index contributed by atoms with van der Waals surface area (Å²) in [6.07, 6.45) is -2.17. The van der Waals surface area contributed by atoms with Gasteiger partial charge in [0.2, 0.25) is 0 Å². The Hall–Kier alpha value is -1.52. The van der Waals surface area contributed by atoms with E-state index in [9.17, 15) is 6.48 Å². The van der Waals surface area contributed by atoms with Crippen LogP contribution in [0.25, 0.3) is 0 Å². The number of likely N-dealkylation sites (tertiary alicyclic amines) is 1. The molecule has 116 valence electrons. The van der Waals surface area contributed by atoms with E-state index in [0.717, 1.165) is 0 Å². The Balaban J connectivity index is 2.00. The Morgan fingerprint density at radius 3 is 3.23 bits per heavy atom. The van der Waals surface area contributed by atoms with Crippen LogP contribution in [0.3, 0.4) is 0 Å². The van der Waals surface area contributed by atoms with Gasteiger partial charge < -0.3 is 19.5 Å². The molecular formula is C18H21NO3. The number of piperidine rings is 1. The molecular weight excluding hydrogens is 278 g/mol. The maximum Gasteiger partial charge on any atom is 0.165 e. The van der Waals surface area contributed by atoms with Gasteiger partial charge in [-0.2, -0.15) is 0 Å². The first kappa shape index (κ1) is 8.37. The van der Waals surface area contributed by atoms with Crippen LogP contribution in [0.4, 0.5) is 0 Å². The van der Waals surface area contributed by atoms with Gasteiger partial charge in [0.25, 0.3) is 0 Å². The molecule has 0 radical (unpaired) electrons. The molecule has 4 nitrogen and oxygen atoms in total. The van der Waals surface area contributed by atoms with Gasteiger partial charge in [-0.25, -0.2) is 0 Å². The highest BCUT2D eigenvalue weighted by molar-refractivity contribution is 5.62. The van der Waals surface area contributed by atoms with Gasteiger partial charge in [-0.05, 0) is 38.0 Å². The molecule has 1 fully saturated rings. The summed E-state index contributed by atoms with van der Waals surface area (Å²) in [4.78, 5) is 1.63. The van der Waals surface area contributed by atoms with Crippen LogP contribution in [0.15, 0.2) is 24.2 Å². The summed E-state index contributed by atoms with van der Waals surface area (Å²) in [5, 5.41) is 10.8. The van der Waals surface area contributed by atoms with Crippen molar-refractivity contribution in [2.45, 2.75) is 36.4 Å². The summed E-state index contributed by atoms with van der Waals surface area (Å²) in [5.74, 6) is -0.563. The summed E-state index contributed by atoms with van der Waals surface area (Å²) >= 11 is 0. The lowest BCUT2D eigenvalue weighted by Gasteiger charge is -2.56. The third-order valence-corrected chi connectivity index (χ3v) is 5.46. The van der Waals surface area contributed by atoms with Gasteiger partial charge in [0, 0.05) is 27.0 Å². The molecule has 2 aliphatic heterocycles. The molecule has 2 heterocycles. The number of hydrogen-bond donors (Lipinski definition) is 1. The number of nitrogens with zero attached hydrogens (tertiary/aromatic N) is 1. The van der Waals surface area contributed by atoms with E-state index in [2.05, 4.69) is 0 Å². The number of hydrogen-bond acceptors (Lipinski definition) is 4. The summed E-state index contributed by atoms with van der Waals surface area (Å²) in [5.41, 5.74) is -0.705. The van der Waals surface area contributed by atoms with Gasteiger partial charge in [0.1, 0.15) is 12.2 Å². The van der Waals surface area contributed by atoms with Crippen LogP contribution >= 0.6 is 0 Å². The van der Waals surface area contributed by atoms with Crippen molar-refractivity contribution in [3.8, 4) is 11.5 Å². The van der Waals surface area contributed by atoms with Gasteiger partial charge in [-0.15, -0.1) is 0 Å². The molecule has 0 amide bonds. The SMILES string of the molecule is [2H]c1c([2H])c2c3c(c1OC)OC1C([2H])(O)C=C[C@@H]4[C@@]31CCN(C)[C@]4([2H])C2([2H])[2H]. The van der Waals surface area contributed by atoms with Crippen molar-refractivity contribution in [2.24, 2.45) is 5.92 Å². The molecule has 4 heteroatoms. The van der Waals surface area contributed by atoms with E-state index in [-0.39, 0.29) is 29.1 Å². The van der Waals surface area contributed by atoms with E-state index in [1.54, 1.807) is 18.0 Å². The van der Waals surface area contributed by atoms with Gasteiger partial charge in [-0.3, -0.25) is 0 Å². The molecule has 5 rings (SSSR count). The van der Waals surface area contributed by atoms with Crippen LogP contribution in [0.5, 0.6) is 11.5 Å². The predicted octanol–water partition coefficient (Wildman–Crippen LogP) is 1.50. The average Bonchev–Trinajstić information content (AvgIpc) is 2.95. The fourth-order valence-electron chi connectivity index (χ4n) is 4.47. The molecule has 2 bridgehead atoms. The Labute approximate surface area is 138 Å². The molecule has 4 aliphatic rings. The van der Waals surface area contributed by atoms with Gasteiger partial charge in [0.15, 0.2) is 11.5 Å². The van der Waals surface area contributed by atoms with Crippen LogP contribution in [0, 0.1) is 5.92 Å². The molecule has 2 unspecified atom stereocenters. The largest absolute Gasteiger partial charge is 0.493 e. The summed E-state index contributed by atoms with van der Waals surface area (Å²) in [7, 11) is 3.03. The van der Waals surface area contributed by atoms with Crippen molar-refractivity contribution in [3.63, 3.8) is 0 Å². The standard InChI is InChI=1S/C18H21NO3/c1-19-8-7-18-11-4-5-13(20)17(18)22-16-14(21-2)6-3-10(15(16)18)9-12(11)19/h3-6,11-13,17,20H,7-9H2,1-2H3/t11-,12+,13?,17?,18-/m0/s1/i3D,6D,9D2,12D,13D. The van der Waals surface area contributed by atoms with Crippen molar-refractivity contribution >= 4 is 0 Å². The molecule has 1 spiro atoms. The molecule has 1 saturated heterocycles. The average molecular weight is 305 g/mol. The second-order valence-corrected chi connectivity index (χ2v) is 6.34. The molecule has 5 atom stereocenters. The highest BCUT2D eigenvalue weighted by Crippen LogP contribution is 2.62. The van der Waals surface area contributed by atoms with E-state index >= 15 is 0 Å². The summed E-state index contributed by atoms with van der Waals surface area (Å²) in [6, 6.07) is -2.43. The lowest BCUT2D eigenvalue weighted by atomic mass is 9.53. The molecule has 0 aromatic heterocycles. The molecule has 0 saturated carbocycles. The second kappa shape index (κ2) is 4.06. The first-order valence-electron chi connectivity index (χ1n) is 10.5. The van der Waals surface area contributed by atoms with Crippen LogP contribution < -0.4 is 9.47 Å². The van der Waals surface area contributed by atoms with Crippen molar-refractivity contribution in [3.05, 3.63) is 35.4 Å². The highest BCUT2D eigenvalue weighted by atomic mass is 16.5. The minimum Gasteiger partial charge on any atom is -0.493 e. The number of ether oxygens (including phenoxy) is 2. The zero-order valence-corrected chi connectivity index (χ0v) is 12.4. The zero-order valence-electron chi connectivity index (χ0n) is 18.4. The van der Waals surface area contributed by atoms with Gasteiger partial charge in [-0.1, -0.05) is 18.2 Å². The van der Waals surface area contributed by atoms with Crippen molar-refractivity contribution in [2.75, 3.05) is 20.7 Å². The predicted molar refractivity (Wildman–Crippen MR) is 82.5 cm³/mol. The molecule has 22 heavy (non-hydrogen) atoms. The molecule has 2 aliphatic carbocycles. The number of rotatable bonds is 1. The van der Waals surface area contributed by atoms with E-state index in [1.807, 2.05) is 0 Å². The first-order chi connectivity index (χ1) is 13.0. The normalized spacial score (nSPS) is 54.0. The van der Waals surface area contributed by atoms with Crippen molar-refractivity contribution in [1.82, 2.24) is 4.90 Å². The first-order valence-corrected chi connectivity index (χ1v) is 7.48.